The number of likely N-dealkylation sites (N-methyl/N-ethyl adjacent to an activating group) is 1. The first-order chi connectivity index (χ1) is 18.8. The largest absolute Gasteiger partial charge is 0.371 e. The lowest BCUT2D eigenvalue weighted by Gasteiger charge is -2.42. The van der Waals surface area contributed by atoms with Crippen LogP contribution in [0.1, 0.15) is 24.2 Å². The second-order valence-electron chi connectivity index (χ2n) is 10.9. The van der Waals surface area contributed by atoms with Gasteiger partial charge in [0, 0.05) is 75.4 Å². The molecule has 6 rings (SSSR count). The average molecular weight is 545 g/mol. The van der Waals surface area contributed by atoms with Crippen LogP contribution >= 0.6 is 0 Å². The van der Waals surface area contributed by atoms with Crippen LogP contribution in [0.4, 0.5) is 5.69 Å². The van der Waals surface area contributed by atoms with Crippen molar-refractivity contribution in [3.8, 4) is 11.1 Å². The molecule has 2 aliphatic heterocycles. The van der Waals surface area contributed by atoms with E-state index in [1.54, 1.807) is 12.1 Å². The molecule has 2 aromatic heterocycles. The zero-order valence-corrected chi connectivity index (χ0v) is 23.5. The fourth-order valence-corrected chi connectivity index (χ4v) is 6.48. The quantitative estimate of drug-likeness (QED) is 0.367. The van der Waals surface area contributed by atoms with Crippen molar-refractivity contribution in [2.24, 2.45) is 0 Å². The number of piperidine rings is 1. The summed E-state index contributed by atoms with van der Waals surface area (Å²) in [4.78, 5) is 12.8. The van der Waals surface area contributed by atoms with Gasteiger partial charge in [0.15, 0.2) is 21.3 Å². The molecule has 8 nitrogen and oxygen atoms in total. The minimum atomic E-state index is -3.24. The second-order valence-corrected chi connectivity index (χ2v) is 12.9. The van der Waals surface area contributed by atoms with E-state index in [0.717, 1.165) is 35.7 Å². The first-order valence-corrected chi connectivity index (χ1v) is 15.6. The molecule has 2 fully saturated rings. The first-order valence-electron chi connectivity index (χ1n) is 13.7. The Morgan fingerprint density at radius 1 is 0.897 bits per heavy atom. The van der Waals surface area contributed by atoms with Crippen molar-refractivity contribution in [2.45, 2.75) is 30.2 Å². The van der Waals surface area contributed by atoms with E-state index in [2.05, 4.69) is 46.0 Å². The van der Waals surface area contributed by atoms with Crippen molar-refractivity contribution in [3.63, 3.8) is 0 Å². The molecule has 0 atom stereocenters. The number of hydrogen-bond acceptors (Lipinski definition) is 7. The molecule has 2 aliphatic rings. The molecule has 9 heteroatoms. The number of benzene rings is 2. The number of piperazine rings is 1. The van der Waals surface area contributed by atoms with Crippen molar-refractivity contribution in [2.75, 3.05) is 57.5 Å². The lowest BCUT2D eigenvalue weighted by Crippen LogP contribution is -2.52. The van der Waals surface area contributed by atoms with Gasteiger partial charge in [-0.05, 0) is 67.4 Å². The third kappa shape index (κ3) is 5.71. The Morgan fingerprint density at radius 2 is 1.64 bits per heavy atom. The maximum Gasteiger partial charge on any atom is 0.175 e. The number of anilines is 1. The molecule has 0 radical (unpaired) electrons. The number of hydrogen-bond donors (Lipinski definition) is 0. The molecule has 0 amide bonds. The van der Waals surface area contributed by atoms with E-state index < -0.39 is 9.84 Å². The molecule has 4 aromatic rings. The highest BCUT2D eigenvalue weighted by Crippen LogP contribution is 2.27. The van der Waals surface area contributed by atoms with Crippen LogP contribution < -0.4 is 4.90 Å². The third-order valence-electron chi connectivity index (χ3n) is 8.16. The summed E-state index contributed by atoms with van der Waals surface area (Å²) in [6.07, 6.45) is 6.21. The Balaban J connectivity index is 1.15. The summed E-state index contributed by atoms with van der Waals surface area (Å²) in [5.41, 5.74) is 5.08. The Labute approximate surface area is 230 Å². The average Bonchev–Trinajstić information content (AvgIpc) is 3.36. The van der Waals surface area contributed by atoms with Crippen molar-refractivity contribution >= 4 is 21.2 Å². The van der Waals surface area contributed by atoms with Crippen LogP contribution in [-0.4, -0.2) is 91.4 Å². The monoisotopic (exact) mass is 544 g/mol. The highest BCUT2D eigenvalue weighted by Gasteiger charge is 2.26. The summed E-state index contributed by atoms with van der Waals surface area (Å²) in [6, 6.07) is 20.4. The topological polar surface area (TPSA) is 74.0 Å². The normalized spacial score (nSPS) is 18.2. The molecule has 0 unspecified atom stereocenters. The minimum Gasteiger partial charge on any atom is -0.371 e. The smallest absolute Gasteiger partial charge is 0.175 e. The predicted octanol–water partition coefficient (Wildman–Crippen LogP) is 3.61. The van der Waals surface area contributed by atoms with Gasteiger partial charge >= 0.3 is 0 Å². The van der Waals surface area contributed by atoms with Crippen molar-refractivity contribution in [1.82, 2.24) is 24.4 Å². The van der Waals surface area contributed by atoms with E-state index in [9.17, 15) is 8.42 Å². The molecular formula is C30H36N6O2S. The number of fused-ring (bicyclic) bond motifs is 1. The molecular weight excluding hydrogens is 508 g/mol. The van der Waals surface area contributed by atoms with Gasteiger partial charge in [-0.3, -0.25) is 4.90 Å². The van der Waals surface area contributed by atoms with E-state index in [4.69, 9.17) is 10.1 Å². The van der Waals surface area contributed by atoms with Crippen molar-refractivity contribution < 1.29 is 8.42 Å². The number of sulfone groups is 1. The van der Waals surface area contributed by atoms with E-state index in [1.807, 2.05) is 35.0 Å². The Hall–Kier alpha value is -3.27. The number of rotatable bonds is 6. The number of pyridine rings is 1. The summed E-state index contributed by atoms with van der Waals surface area (Å²) >= 11 is 0. The number of aromatic nitrogens is 3. The summed E-state index contributed by atoms with van der Waals surface area (Å²) in [7, 11) is -1.02. The van der Waals surface area contributed by atoms with E-state index >= 15 is 0 Å². The van der Waals surface area contributed by atoms with Gasteiger partial charge in [-0.15, -0.1) is 0 Å². The first kappa shape index (κ1) is 26.0. The molecule has 2 aromatic carbocycles. The molecule has 0 aliphatic carbocycles. The Kier molecular flexibility index (Phi) is 7.14. The molecule has 0 bridgehead atoms. The van der Waals surface area contributed by atoms with Gasteiger partial charge in [-0.25, -0.2) is 17.9 Å². The summed E-state index contributed by atoms with van der Waals surface area (Å²) in [5, 5.41) is 4.75. The zero-order valence-electron chi connectivity index (χ0n) is 22.7. The van der Waals surface area contributed by atoms with Crippen LogP contribution in [0.5, 0.6) is 0 Å². The van der Waals surface area contributed by atoms with Crippen molar-refractivity contribution in [1.29, 1.82) is 0 Å². The lowest BCUT2D eigenvalue weighted by molar-refractivity contribution is 0.0982. The van der Waals surface area contributed by atoms with Crippen LogP contribution in [0.3, 0.4) is 0 Å². The Bertz CT molecular complexity index is 1550. The second kappa shape index (κ2) is 10.7. The van der Waals surface area contributed by atoms with Crippen LogP contribution in [0, 0.1) is 0 Å². The van der Waals surface area contributed by atoms with E-state index in [0.29, 0.717) is 17.4 Å². The minimum absolute atomic E-state index is 0.309. The van der Waals surface area contributed by atoms with Gasteiger partial charge in [0.1, 0.15) is 0 Å². The summed E-state index contributed by atoms with van der Waals surface area (Å²) in [6.45, 7) is 6.92. The standard InChI is InChI=1S/C30H36N6O2S/c1-33-17-19-35(20-18-33)25-12-15-34(16-13-25)26-6-3-5-23(21-26)22-29-31-30-28(7-4-14-36(30)32-29)24-8-10-27(11-9-24)39(2,37)38/h3-11,14,21,25H,12-13,15-20,22H2,1-2H3. The van der Waals surface area contributed by atoms with Crippen molar-refractivity contribution in [3.05, 3.63) is 78.2 Å². The highest BCUT2D eigenvalue weighted by molar-refractivity contribution is 7.90. The van der Waals surface area contributed by atoms with Crippen LogP contribution in [-0.2, 0) is 16.3 Å². The molecule has 204 valence electrons. The maximum atomic E-state index is 11.9. The van der Waals surface area contributed by atoms with Crippen LogP contribution in [0.2, 0.25) is 0 Å². The van der Waals surface area contributed by atoms with Gasteiger partial charge in [0.2, 0.25) is 0 Å². The fourth-order valence-electron chi connectivity index (χ4n) is 5.85. The predicted molar refractivity (Wildman–Crippen MR) is 155 cm³/mol. The molecule has 0 saturated carbocycles. The maximum absolute atomic E-state index is 11.9. The van der Waals surface area contributed by atoms with E-state index in [-0.39, 0.29) is 0 Å². The van der Waals surface area contributed by atoms with Gasteiger partial charge in [0.25, 0.3) is 0 Å². The van der Waals surface area contributed by atoms with Gasteiger partial charge in [-0.1, -0.05) is 24.3 Å². The zero-order chi connectivity index (χ0) is 27.0. The lowest BCUT2D eigenvalue weighted by atomic mass is 10.0. The van der Waals surface area contributed by atoms with Gasteiger partial charge < -0.3 is 9.80 Å². The molecule has 2 saturated heterocycles. The fraction of sp³-hybridized carbons (Fsp3) is 0.400. The molecule has 39 heavy (non-hydrogen) atoms. The molecule has 0 N–H and O–H groups in total. The van der Waals surface area contributed by atoms with E-state index in [1.165, 1.54) is 56.5 Å². The summed E-state index contributed by atoms with van der Waals surface area (Å²) < 4.78 is 25.5. The summed E-state index contributed by atoms with van der Waals surface area (Å²) in [5.74, 6) is 0.765. The molecule has 4 heterocycles. The molecule has 0 spiro atoms. The van der Waals surface area contributed by atoms with Crippen LogP contribution in [0.25, 0.3) is 16.8 Å². The highest BCUT2D eigenvalue weighted by atomic mass is 32.2. The Morgan fingerprint density at radius 3 is 2.36 bits per heavy atom. The SMILES string of the molecule is CN1CCN(C2CCN(c3cccc(Cc4nc5c(-c6ccc(S(C)(=O)=O)cc6)cccn5n4)c3)CC2)CC1. The van der Waals surface area contributed by atoms with Gasteiger partial charge in [0.05, 0.1) is 4.90 Å². The third-order valence-corrected chi connectivity index (χ3v) is 9.28. The van der Waals surface area contributed by atoms with Crippen LogP contribution in [0.15, 0.2) is 71.8 Å². The van der Waals surface area contributed by atoms with Gasteiger partial charge in [-0.2, -0.15) is 5.10 Å². The number of nitrogens with zero attached hydrogens (tertiary/aromatic N) is 6.